The zero-order chi connectivity index (χ0) is 13.2. The van der Waals surface area contributed by atoms with Gasteiger partial charge >= 0.3 is 6.18 Å². The lowest BCUT2D eigenvalue weighted by molar-refractivity contribution is -0.144. The van der Waals surface area contributed by atoms with Crippen LogP contribution >= 0.6 is 0 Å². The molecular weight excluding hydrogens is 239 g/mol. The zero-order valence-corrected chi connectivity index (χ0v) is 8.57. The minimum absolute atomic E-state index is 0.384. The lowest BCUT2D eigenvalue weighted by atomic mass is 10.2. The maximum Gasteiger partial charge on any atom is 0.431 e. The maximum atomic E-state index is 12.6. The molecule has 0 aliphatic rings. The number of carbonyl (C=O) groups is 1. The van der Waals surface area contributed by atoms with Gasteiger partial charge in [-0.15, -0.1) is 0 Å². The number of aromatic nitrogens is 1. The van der Waals surface area contributed by atoms with E-state index < -0.39 is 35.9 Å². The van der Waals surface area contributed by atoms with E-state index in [4.69, 9.17) is 11.5 Å². The van der Waals surface area contributed by atoms with Crippen molar-refractivity contribution < 1.29 is 18.0 Å². The van der Waals surface area contributed by atoms with Crippen LogP contribution in [0, 0.1) is 0 Å². The third kappa shape index (κ3) is 3.06. The summed E-state index contributed by atoms with van der Waals surface area (Å²) in [6.45, 7) is -0.607. The van der Waals surface area contributed by atoms with E-state index in [2.05, 4.69) is 0 Å². The number of hydrogen-bond acceptors (Lipinski definition) is 3. The Hall–Kier alpha value is -1.83. The molecule has 1 aromatic rings. The van der Waals surface area contributed by atoms with Crippen molar-refractivity contribution in [1.82, 2.24) is 4.57 Å². The van der Waals surface area contributed by atoms with Crippen LogP contribution < -0.4 is 17.0 Å². The van der Waals surface area contributed by atoms with Crippen molar-refractivity contribution in [1.29, 1.82) is 0 Å². The summed E-state index contributed by atoms with van der Waals surface area (Å²) in [5.74, 6) is -0.978. The second-order valence-electron chi connectivity index (χ2n) is 3.37. The molecule has 0 aromatic carbocycles. The first-order chi connectivity index (χ1) is 7.73. The molecule has 5 nitrogen and oxygen atoms in total. The van der Waals surface area contributed by atoms with E-state index in [1.165, 1.54) is 0 Å². The molecule has 1 heterocycles. The van der Waals surface area contributed by atoms with E-state index in [9.17, 15) is 22.8 Å². The topological polar surface area (TPSA) is 91.1 Å². The van der Waals surface area contributed by atoms with Gasteiger partial charge in [0.15, 0.2) is 0 Å². The summed E-state index contributed by atoms with van der Waals surface area (Å²) in [5, 5.41) is 0. The molecule has 94 valence electrons. The first-order valence-electron chi connectivity index (χ1n) is 4.55. The Bertz CT molecular complexity index is 481. The molecule has 4 N–H and O–H groups in total. The molecule has 0 saturated carbocycles. The molecule has 0 saturated heterocycles. The number of nitrogens with two attached hydrogens (primary N) is 2. The summed E-state index contributed by atoms with van der Waals surface area (Å²) < 4.78 is 38.1. The summed E-state index contributed by atoms with van der Waals surface area (Å²) in [5.41, 5.74) is 8.00. The number of hydrogen-bond donors (Lipinski definition) is 2. The van der Waals surface area contributed by atoms with E-state index in [-0.39, 0.29) is 0 Å². The predicted octanol–water partition coefficient (Wildman–Crippen LogP) is -0.320. The van der Waals surface area contributed by atoms with Crippen LogP contribution in [-0.4, -0.2) is 16.5 Å². The second kappa shape index (κ2) is 4.58. The highest BCUT2D eigenvalue weighted by molar-refractivity contribution is 5.79. The Labute approximate surface area is 93.8 Å². The highest BCUT2D eigenvalue weighted by Gasteiger charge is 2.34. The van der Waals surface area contributed by atoms with Gasteiger partial charge < -0.3 is 16.0 Å². The van der Waals surface area contributed by atoms with Crippen LogP contribution in [-0.2, 0) is 17.5 Å². The Balaban J connectivity index is 3.22. The first-order valence-corrected chi connectivity index (χ1v) is 4.55. The van der Waals surface area contributed by atoms with Crippen LogP contribution in [0.1, 0.15) is 5.69 Å². The predicted molar refractivity (Wildman–Crippen MR) is 52.9 cm³/mol. The third-order valence-electron chi connectivity index (χ3n) is 2.08. The molecule has 17 heavy (non-hydrogen) atoms. The average molecular weight is 249 g/mol. The molecule has 0 bridgehead atoms. The van der Waals surface area contributed by atoms with Gasteiger partial charge in [0.1, 0.15) is 11.7 Å². The van der Waals surface area contributed by atoms with Gasteiger partial charge in [-0.3, -0.25) is 9.59 Å². The molecule has 1 rings (SSSR count). The second-order valence-corrected chi connectivity index (χ2v) is 3.37. The summed E-state index contributed by atoms with van der Waals surface area (Å²) in [4.78, 5) is 22.0. The number of nitrogens with zero attached hydrogens (tertiary/aromatic N) is 1. The van der Waals surface area contributed by atoms with Gasteiger partial charge in [0.25, 0.3) is 5.56 Å². The van der Waals surface area contributed by atoms with Crippen molar-refractivity contribution >= 4 is 5.91 Å². The molecule has 1 atom stereocenters. The monoisotopic (exact) mass is 249 g/mol. The van der Waals surface area contributed by atoms with Gasteiger partial charge in [-0.25, -0.2) is 0 Å². The molecule has 1 amide bonds. The molecule has 8 heteroatoms. The van der Waals surface area contributed by atoms with Crippen molar-refractivity contribution in [3.8, 4) is 0 Å². The van der Waals surface area contributed by atoms with Gasteiger partial charge in [0.2, 0.25) is 5.91 Å². The maximum absolute atomic E-state index is 12.6. The SMILES string of the molecule is NC(=O)C(N)Cn1c(C(F)(F)F)cccc1=O. The van der Waals surface area contributed by atoms with E-state index in [0.717, 1.165) is 18.2 Å². The van der Waals surface area contributed by atoms with Crippen LogP contribution in [0.5, 0.6) is 0 Å². The fourth-order valence-corrected chi connectivity index (χ4v) is 1.24. The third-order valence-corrected chi connectivity index (χ3v) is 2.08. The van der Waals surface area contributed by atoms with Gasteiger partial charge in [-0.05, 0) is 6.07 Å². The van der Waals surface area contributed by atoms with Crippen LogP contribution in [0.2, 0.25) is 0 Å². The van der Waals surface area contributed by atoms with Crippen molar-refractivity contribution in [3.05, 3.63) is 34.2 Å². The quantitative estimate of drug-likeness (QED) is 0.769. The van der Waals surface area contributed by atoms with E-state index >= 15 is 0 Å². The first kappa shape index (κ1) is 13.2. The number of alkyl halides is 3. The van der Waals surface area contributed by atoms with E-state index in [0.29, 0.717) is 4.57 Å². The Kier molecular flexibility index (Phi) is 3.56. The standard InChI is InChI=1S/C9H10F3N3O2/c10-9(11,12)6-2-1-3-7(16)15(6)4-5(13)8(14)17/h1-3,5H,4,13H2,(H2,14,17). The van der Waals surface area contributed by atoms with Crippen LogP contribution in [0.15, 0.2) is 23.0 Å². The van der Waals surface area contributed by atoms with Crippen LogP contribution in [0.3, 0.4) is 0 Å². The van der Waals surface area contributed by atoms with Crippen LogP contribution in [0.4, 0.5) is 13.2 Å². The number of halogens is 3. The van der Waals surface area contributed by atoms with E-state index in [1.807, 2.05) is 0 Å². The Morgan fingerprint density at radius 1 is 1.41 bits per heavy atom. The highest BCUT2D eigenvalue weighted by Crippen LogP contribution is 2.28. The van der Waals surface area contributed by atoms with Gasteiger partial charge in [0.05, 0.1) is 6.54 Å². The number of amides is 1. The minimum Gasteiger partial charge on any atom is -0.368 e. The summed E-state index contributed by atoms with van der Waals surface area (Å²) in [6.07, 6.45) is -4.70. The zero-order valence-electron chi connectivity index (χ0n) is 8.57. The lowest BCUT2D eigenvalue weighted by Gasteiger charge is -2.16. The normalized spacial score (nSPS) is 13.4. The molecule has 0 aliphatic carbocycles. The molecular formula is C9H10F3N3O2. The summed E-state index contributed by atoms with van der Waals surface area (Å²) in [7, 11) is 0. The van der Waals surface area contributed by atoms with Crippen molar-refractivity contribution in [3.63, 3.8) is 0 Å². The van der Waals surface area contributed by atoms with Crippen molar-refractivity contribution in [2.75, 3.05) is 0 Å². The molecule has 0 spiro atoms. The fraction of sp³-hybridized carbons (Fsp3) is 0.333. The van der Waals surface area contributed by atoms with Gasteiger partial charge in [-0.1, -0.05) is 6.07 Å². The van der Waals surface area contributed by atoms with Crippen LogP contribution in [0.25, 0.3) is 0 Å². The van der Waals surface area contributed by atoms with Crippen molar-refractivity contribution in [2.45, 2.75) is 18.8 Å². The lowest BCUT2D eigenvalue weighted by Crippen LogP contribution is -2.43. The smallest absolute Gasteiger partial charge is 0.368 e. The Morgan fingerprint density at radius 2 is 2.00 bits per heavy atom. The largest absolute Gasteiger partial charge is 0.431 e. The number of rotatable bonds is 3. The highest BCUT2D eigenvalue weighted by atomic mass is 19.4. The molecule has 0 fully saturated rings. The molecule has 0 aliphatic heterocycles. The number of pyridine rings is 1. The molecule has 0 radical (unpaired) electrons. The summed E-state index contributed by atoms with van der Waals surface area (Å²) in [6, 6.07) is 1.31. The van der Waals surface area contributed by atoms with Gasteiger partial charge in [-0.2, -0.15) is 13.2 Å². The average Bonchev–Trinajstić information content (AvgIpc) is 2.18. The summed E-state index contributed by atoms with van der Waals surface area (Å²) >= 11 is 0. The molecule has 1 aromatic heterocycles. The fourth-order valence-electron chi connectivity index (χ4n) is 1.24. The minimum atomic E-state index is -4.70. The molecule has 1 unspecified atom stereocenters. The van der Waals surface area contributed by atoms with Crippen molar-refractivity contribution in [2.24, 2.45) is 11.5 Å². The van der Waals surface area contributed by atoms with Gasteiger partial charge in [0, 0.05) is 6.07 Å². The number of primary amides is 1. The van der Waals surface area contributed by atoms with E-state index in [1.54, 1.807) is 0 Å². The Morgan fingerprint density at radius 3 is 2.47 bits per heavy atom. The number of carbonyl (C=O) groups excluding carboxylic acids is 1.